The number of rotatable bonds is 11. The summed E-state index contributed by atoms with van der Waals surface area (Å²) >= 11 is 0. The van der Waals surface area contributed by atoms with Gasteiger partial charge >= 0.3 is 0 Å². The van der Waals surface area contributed by atoms with Crippen molar-refractivity contribution in [2.75, 3.05) is 28.4 Å². The average molecular weight is 643 g/mol. The minimum absolute atomic E-state index is 0.675. The Hall–Kier alpha value is -4.62. The molecule has 6 heteroatoms. The highest BCUT2D eigenvalue weighted by atomic mass is 31.1. The van der Waals surface area contributed by atoms with E-state index in [-0.39, 0.29) is 0 Å². The Morgan fingerprint density at radius 1 is 0.326 bits per heavy atom. The van der Waals surface area contributed by atoms with Crippen LogP contribution >= 0.6 is 15.8 Å². The van der Waals surface area contributed by atoms with E-state index in [1.165, 1.54) is 21.2 Å². The summed E-state index contributed by atoms with van der Waals surface area (Å²) in [5.74, 6) is 2.81. The Bertz CT molecular complexity index is 1660. The van der Waals surface area contributed by atoms with Gasteiger partial charge in [-0.3, -0.25) is 0 Å². The lowest BCUT2D eigenvalue weighted by Crippen LogP contribution is -2.23. The summed E-state index contributed by atoms with van der Waals surface area (Å²) in [6.07, 6.45) is 0. The molecule has 0 aromatic heterocycles. The van der Waals surface area contributed by atoms with E-state index in [1.807, 2.05) is 12.1 Å². The molecule has 46 heavy (non-hydrogen) atoms. The normalized spacial score (nSPS) is 11.0. The molecule has 0 fully saturated rings. The van der Waals surface area contributed by atoms with Crippen molar-refractivity contribution in [3.05, 3.63) is 146 Å². The Labute approximate surface area is 274 Å². The molecule has 0 aliphatic heterocycles. The molecule has 0 heterocycles. The van der Waals surface area contributed by atoms with Crippen molar-refractivity contribution in [3.63, 3.8) is 0 Å². The zero-order chi connectivity index (χ0) is 31.9. The topological polar surface area (TPSA) is 36.9 Å². The monoisotopic (exact) mass is 642 g/mol. The van der Waals surface area contributed by atoms with E-state index in [0.29, 0.717) is 11.5 Å². The smallest absolute Gasteiger partial charge is 0.139 e. The third-order valence-electron chi connectivity index (χ3n) is 7.83. The van der Waals surface area contributed by atoms with Crippen molar-refractivity contribution >= 4 is 47.7 Å². The van der Waals surface area contributed by atoms with Gasteiger partial charge in [0.05, 0.1) is 39.6 Å². The molecule has 0 atom stereocenters. The lowest BCUT2D eigenvalue weighted by atomic mass is 10.0. The van der Waals surface area contributed by atoms with Gasteiger partial charge in [0.25, 0.3) is 0 Å². The second-order valence-electron chi connectivity index (χ2n) is 10.4. The SMILES string of the molecule is COc1ccc(P(c2ccccc2)c2ccccc2)c(OC)c1-c1c(OC)ccc(P(c2ccccc2)c2ccccc2)c1OC. The Morgan fingerprint density at radius 3 is 0.848 bits per heavy atom. The zero-order valence-electron chi connectivity index (χ0n) is 26.4. The summed E-state index contributed by atoms with van der Waals surface area (Å²) in [5, 5.41) is 7.05. The van der Waals surface area contributed by atoms with Gasteiger partial charge in [0.2, 0.25) is 0 Å². The summed E-state index contributed by atoms with van der Waals surface area (Å²) in [6.45, 7) is 0. The number of methoxy groups -OCH3 is 4. The fraction of sp³-hybridized carbons (Fsp3) is 0.100. The van der Waals surface area contributed by atoms with Crippen LogP contribution in [0.15, 0.2) is 146 Å². The van der Waals surface area contributed by atoms with Gasteiger partial charge in [0.1, 0.15) is 23.0 Å². The van der Waals surface area contributed by atoms with Gasteiger partial charge in [-0.05, 0) is 61.3 Å². The van der Waals surface area contributed by atoms with Crippen molar-refractivity contribution in [2.45, 2.75) is 0 Å². The van der Waals surface area contributed by atoms with Gasteiger partial charge < -0.3 is 18.9 Å². The maximum absolute atomic E-state index is 6.40. The van der Waals surface area contributed by atoms with Crippen LogP contribution in [-0.2, 0) is 0 Å². The van der Waals surface area contributed by atoms with Crippen LogP contribution in [0.5, 0.6) is 23.0 Å². The Balaban J connectivity index is 1.67. The predicted octanol–water partition coefficient (Wildman–Crippen LogP) is 6.90. The van der Waals surface area contributed by atoms with Crippen LogP contribution in [0.4, 0.5) is 0 Å². The van der Waals surface area contributed by atoms with Gasteiger partial charge in [-0.25, -0.2) is 0 Å². The Morgan fingerprint density at radius 2 is 0.609 bits per heavy atom. The van der Waals surface area contributed by atoms with Crippen molar-refractivity contribution in [1.82, 2.24) is 0 Å². The molecule has 0 radical (unpaired) electrons. The molecule has 0 spiro atoms. The summed E-state index contributed by atoms with van der Waals surface area (Å²) in [5.41, 5.74) is 1.60. The first-order valence-electron chi connectivity index (χ1n) is 15.0. The van der Waals surface area contributed by atoms with E-state index in [2.05, 4.69) is 133 Å². The maximum atomic E-state index is 6.40. The Kier molecular flexibility index (Phi) is 9.99. The minimum atomic E-state index is -0.975. The largest absolute Gasteiger partial charge is 0.496 e. The molecular weight excluding hydrogens is 606 g/mol. The highest BCUT2D eigenvalue weighted by Gasteiger charge is 2.31. The standard InChI is InChI=1S/C40H36O4P2/c1-41-33-25-27-35(45(29-17-9-5-10-18-29)30-19-11-6-12-20-30)39(43-3)37(33)38-34(42-2)26-28-36(40(38)44-4)46(31-21-13-7-14-22-31)32-23-15-8-16-24-32/h5-28H,1-4H3. The van der Waals surface area contributed by atoms with Crippen LogP contribution in [0.2, 0.25) is 0 Å². The molecule has 230 valence electrons. The minimum Gasteiger partial charge on any atom is -0.496 e. The molecule has 0 aliphatic rings. The van der Waals surface area contributed by atoms with Crippen LogP contribution in [0.3, 0.4) is 0 Å². The third-order valence-corrected chi connectivity index (χ3v) is 12.8. The lowest BCUT2D eigenvalue weighted by molar-refractivity contribution is 0.388. The molecule has 0 saturated carbocycles. The molecule has 0 unspecified atom stereocenters. The van der Waals surface area contributed by atoms with Gasteiger partial charge in [-0.2, -0.15) is 0 Å². The van der Waals surface area contributed by atoms with Crippen molar-refractivity contribution in [2.24, 2.45) is 0 Å². The molecule has 4 nitrogen and oxygen atoms in total. The average Bonchev–Trinajstić information content (AvgIpc) is 3.13. The van der Waals surface area contributed by atoms with Crippen LogP contribution in [0.1, 0.15) is 0 Å². The molecule has 0 amide bonds. The first kappa shape index (κ1) is 31.4. The molecule has 6 rings (SSSR count). The molecular formula is C40H36O4P2. The van der Waals surface area contributed by atoms with Crippen LogP contribution in [0.25, 0.3) is 11.1 Å². The number of ether oxygens (including phenoxy) is 4. The fourth-order valence-electron chi connectivity index (χ4n) is 5.85. The molecule has 6 aromatic rings. The highest BCUT2D eigenvalue weighted by Crippen LogP contribution is 2.52. The maximum Gasteiger partial charge on any atom is 0.139 e. The fourth-order valence-corrected chi connectivity index (χ4v) is 10.7. The molecule has 0 bridgehead atoms. The zero-order valence-corrected chi connectivity index (χ0v) is 28.2. The van der Waals surface area contributed by atoms with E-state index >= 15 is 0 Å². The van der Waals surface area contributed by atoms with Gasteiger partial charge in [0, 0.05) is 10.6 Å². The van der Waals surface area contributed by atoms with Crippen molar-refractivity contribution < 1.29 is 18.9 Å². The summed E-state index contributed by atoms with van der Waals surface area (Å²) in [7, 11) is 4.90. The predicted molar refractivity (Wildman–Crippen MR) is 195 cm³/mol. The van der Waals surface area contributed by atoms with Gasteiger partial charge in [-0.15, -0.1) is 0 Å². The van der Waals surface area contributed by atoms with Crippen molar-refractivity contribution in [1.29, 1.82) is 0 Å². The van der Waals surface area contributed by atoms with E-state index in [9.17, 15) is 0 Å². The van der Waals surface area contributed by atoms with Gasteiger partial charge in [-0.1, -0.05) is 121 Å². The third kappa shape index (κ3) is 6.12. The quantitative estimate of drug-likeness (QED) is 0.144. The second-order valence-corrected chi connectivity index (χ2v) is 14.8. The first-order chi connectivity index (χ1) is 22.7. The van der Waals surface area contributed by atoms with Crippen LogP contribution < -0.4 is 50.8 Å². The van der Waals surface area contributed by atoms with E-state index in [1.54, 1.807) is 28.4 Å². The van der Waals surface area contributed by atoms with Crippen LogP contribution in [0, 0.1) is 0 Å². The summed E-state index contributed by atoms with van der Waals surface area (Å²) < 4.78 is 24.9. The lowest BCUT2D eigenvalue weighted by Gasteiger charge is -2.27. The van der Waals surface area contributed by atoms with E-state index < -0.39 is 15.8 Å². The van der Waals surface area contributed by atoms with Gasteiger partial charge in [0.15, 0.2) is 0 Å². The second kappa shape index (κ2) is 14.6. The molecule has 0 N–H and O–H groups in total. The van der Waals surface area contributed by atoms with E-state index in [4.69, 9.17) is 18.9 Å². The number of hydrogen-bond acceptors (Lipinski definition) is 4. The molecule has 6 aromatic carbocycles. The first-order valence-corrected chi connectivity index (χ1v) is 17.7. The summed E-state index contributed by atoms with van der Waals surface area (Å²) in [6, 6.07) is 50.8. The van der Waals surface area contributed by atoms with E-state index in [0.717, 1.165) is 33.2 Å². The van der Waals surface area contributed by atoms with Crippen LogP contribution in [-0.4, -0.2) is 28.4 Å². The molecule has 0 saturated heterocycles. The number of benzene rings is 6. The summed E-state index contributed by atoms with van der Waals surface area (Å²) in [4.78, 5) is 0. The number of hydrogen-bond donors (Lipinski definition) is 0. The highest BCUT2D eigenvalue weighted by molar-refractivity contribution is 7.80. The van der Waals surface area contributed by atoms with Crippen molar-refractivity contribution in [3.8, 4) is 34.1 Å². The molecule has 0 aliphatic carbocycles.